The Bertz CT molecular complexity index is 1170. The van der Waals surface area contributed by atoms with E-state index in [4.69, 9.17) is 10.8 Å². The maximum Gasteiger partial charge on any atom is 0.264 e. The van der Waals surface area contributed by atoms with Crippen LogP contribution in [0.15, 0.2) is 17.1 Å². The Labute approximate surface area is 175 Å². The predicted octanol–water partition coefficient (Wildman–Crippen LogP) is 3.06. The molecule has 1 unspecified atom stereocenters. The van der Waals surface area contributed by atoms with Gasteiger partial charge in [-0.3, -0.25) is 14.6 Å². The first kappa shape index (κ1) is 18.0. The molecule has 2 aliphatic carbocycles. The number of hydrogen-bond donors (Lipinski definition) is 2. The molecule has 3 aromatic rings. The average Bonchev–Trinajstić information content (AvgIpc) is 3.63. The fourth-order valence-electron chi connectivity index (χ4n) is 5.42. The highest BCUT2D eigenvalue weighted by Gasteiger charge is 2.43. The highest BCUT2D eigenvalue weighted by atomic mass is 16.1. The average molecular weight is 408 g/mol. The lowest BCUT2D eigenvalue weighted by atomic mass is 10.0. The lowest BCUT2D eigenvalue weighted by Crippen LogP contribution is -2.28. The molecule has 2 saturated carbocycles. The number of hydrogen-bond acceptors (Lipinski definition) is 5. The van der Waals surface area contributed by atoms with Crippen LogP contribution in [-0.2, 0) is 7.05 Å². The monoisotopic (exact) mass is 407 g/mol. The van der Waals surface area contributed by atoms with Gasteiger partial charge in [-0.1, -0.05) is 0 Å². The molecular weight excluding hydrogens is 378 g/mol. The number of nitrogens with one attached hydrogen (secondary N) is 1. The van der Waals surface area contributed by atoms with Gasteiger partial charge in [0.15, 0.2) is 5.82 Å². The van der Waals surface area contributed by atoms with Crippen molar-refractivity contribution in [3.05, 3.63) is 22.6 Å². The molecule has 0 radical (unpaired) electrons. The van der Waals surface area contributed by atoms with Crippen LogP contribution in [0.3, 0.4) is 0 Å². The standard InChI is InChI=1S/C22H29N7O/c1-12-4-3-9-28(12)17-10-16(26-27(17)2)15-11-29(20(13-5-6-13)14-7-8-14)22(30)18-19(15)24-25-21(18)23/h10-14,20H,3-9H2,1-2H3,(H3,23,24,25). The number of aryl methyl sites for hydroxylation is 1. The van der Waals surface area contributed by atoms with Crippen LogP contribution in [0, 0.1) is 11.8 Å². The summed E-state index contributed by atoms with van der Waals surface area (Å²) < 4.78 is 3.92. The first-order chi connectivity index (χ1) is 14.5. The zero-order valence-corrected chi connectivity index (χ0v) is 17.6. The lowest BCUT2D eigenvalue weighted by molar-refractivity contribution is 0.386. The number of anilines is 2. The third-order valence-corrected chi connectivity index (χ3v) is 7.29. The van der Waals surface area contributed by atoms with E-state index in [2.05, 4.69) is 28.1 Å². The van der Waals surface area contributed by atoms with Crippen LogP contribution < -0.4 is 16.2 Å². The van der Waals surface area contributed by atoms with Crippen LogP contribution >= 0.6 is 0 Å². The molecule has 158 valence electrons. The van der Waals surface area contributed by atoms with Crippen molar-refractivity contribution in [3.63, 3.8) is 0 Å². The van der Waals surface area contributed by atoms with Crippen molar-refractivity contribution in [1.82, 2.24) is 24.5 Å². The molecule has 8 heteroatoms. The van der Waals surface area contributed by atoms with Crippen molar-refractivity contribution in [3.8, 4) is 11.3 Å². The summed E-state index contributed by atoms with van der Waals surface area (Å²) in [4.78, 5) is 15.8. The van der Waals surface area contributed by atoms with Gasteiger partial charge in [0.2, 0.25) is 0 Å². The van der Waals surface area contributed by atoms with Crippen molar-refractivity contribution in [1.29, 1.82) is 0 Å². The van der Waals surface area contributed by atoms with E-state index in [-0.39, 0.29) is 17.4 Å². The van der Waals surface area contributed by atoms with Gasteiger partial charge >= 0.3 is 0 Å². The number of nitrogen functional groups attached to an aromatic ring is 1. The van der Waals surface area contributed by atoms with E-state index in [9.17, 15) is 4.79 Å². The second kappa shape index (κ2) is 6.36. The summed E-state index contributed by atoms with van der Waals surface area (Å²) in [6.45, 7) is 3.32. The predicted molar refractivity (Wildman–Crippen MR) is 117 cm³/mol. The molecule has 0 bridgehead atoms. The summed E-state index contributed by atoms with van der Waals surface area (Å²) in [5, 5.41) is 12.5. The Morgan fingerprint density at radius 1 is 1.20 bits per heavy atom. The molecule has 6 rings (SSSR count). The Morgan fingerprint density at radius 2 is 1.93 bits per heavy atom. The number of nitrogens with zero attached hydrogens (tertiary/aromatic N) is 5. The Morgan fingerprint density at radius 3 is 2.57 bits per heavy atom. The quantitative estimate of drug-likeness (QED) is 0.677. The second-order valence-corrected chi connectivity index (χ2v) is 9.48. The van der Waals surface area contributed by atoms with Crippen LogP contribution in [0.4, 0.5) is 11.6 Å². The smallest absolute Gasteiger partial charge is 0.264 e. The van der Waals surface area contributed by atoms with E-state index in [1.807, 2.05) is 22.5 Å². The van der Waals surface area contributed by atoms with E-state index in [1.54, 1.807) is 0 Å². The van der Waals surface area contributed by atoms with Gasteiger partial charge in [0.05, 0.1) is 11.2 Å². The number of fused-ring (bicyclic) bond motifs is 1. The number of H-pyrrole nitrogens is 1. The topological polar surface area (TPSA) is 97.8 Å². The number of aromatic nitrogens is 5. The molecule has 0 amide bonds. The van der Waals surface area contributed by atoms with Crippen molar-refractivity contribution in [2.45, 2.75) is 57.5 Å². The number of rotatable bonds is 5. The summed E-state index contributed by atoms with van der Waals surface area (Å²) >= 11 is 0. The molecule has 3 fully saturated rings. The van der Waals surface area contributed by atoms with E-state index < -0.39 is 0 Å². The first-order valence-electron chi connectivity index (χ1n) is 11.2. The highest BCUT2D eigenvalue weighted by molar-refractivity contribution is 5.97. The van der Waals surface area contributed by atoms with Crippen LogP contribution in [0.25, 0.3) is 22.2 Å². The molecule has 1 atom stereocenters. The van der Waals surface area contributed by atoms with E-state index >= 15 is 0 Å². The summed E-state index contributed by atoms with van der Waals surface area (Å²) in [6, 6.07) is 2.93. The molecule has 1 saturated heterocycles. The van der Waals surface area contributed by atoms with Crippen molar-refractivity contribution in [2.24, 2.45) is 18.9 Å². The minimum Gasteiger partial charge on any atom is -0.382 e. The Hall–Kier alpha value is -2.77. The molecular formula is C22H29N7O. The normalized spacial score (nSPS) is 22.0. The van der Waals surface area contributed by atoms with Gasteiger partial charge in [-0.25, -0.2) is 0 Å². The van der Waals surface area contributed by atoms with Gasteiger partial charge in [0.25, 0.3) is 5.56 Å². The van der Waals surface area contributed by atoms with Crippen LogP contribution in [0.1, 0.15) is 51.5 Å². The number of aromatic amines is 1. The van der Waals surface area contributed by atoms with Crippen LogP contribution in [0.5, 0.6) is 0 Å². The zero-order chi connectivity index (χ0) is 20.6. The maximum atomic E-state index is 13.4. The van der Waals surface area contributed by atoms with Gasteiger partial charge in [-0.05, 0) is 57.3 Å². The second-order valence-electron chi connectivity index (χ2n) is 9.48. The van der Waals surface area contributed by atoms with E-state index in [0.717, 1.165) is 23.6 Å². The molecule has 3 aromatic heterocycles. The first-order valence-corrected chi connectivity index (χ1v) is 11.2. The van der Waals surface area contributed by atoms with Gasteiger partial charge < -0.3 is 15.2 Å². The fourth-order valence-corrected chi connectivity index (χ4v) is 5.42. The van der Waals surface area contributed by atoms with E-state index in [1.165, 1.54) is 38.5 Å². The summed E-state index contributed by atoms with van der Waals surface area (Å²) in [5.74, 6) is 2.62. The van der Waals surface area contributed by atoms with Gasteiger partial charge in [-0.2, -0.15) is 10.2 Å². The molecule has 3 aliphatic rings. The number of pyridine rings is 1. The molecule has 0 aromatic carbocycles. The summed E-state index contributed by atoms with van der Waals surface area (Å²) in [7, 11) is 2.00. The zero-order valence-electron chi connectivity index (χ0n) is 17.6. The molecule has 4 heterocycles. The Balaban J connectivity index is 1.53. The molecule has 8 nitrogen and oxygen atoms in total. The SMILES string of the molecule is CC1CCCN1c1cc(-c2cn(C(C3CC3)C3CC3)c(=O)c3c(N)n[nH]c23)nn1C. The minimum absolute atomic E-state index is 0.0203. The third kappa shape index (κ3) is 2.69. The maximum absolute atomic E-state index is 13.4. The largest absolute Gasteiger partial charge is 0.382 e. The van der Waals surface area contributed by atoms with Gasteiger partial charge in [0.1, 0.15) is 11.2 Å². The minimum atomic E-state index is -0.0203. The van der Waals surface area contributed by atoms with Gasteiger partial charge in [-0.15, -0.1) is 0 Å². The molecule has 1 aliphatic heterocycles. The molecule has 30 heavy (non-hydrogen) atoms. The van der Waals surface area contributed by atoms with E-state index in [0.29, 0.717) is 28.8 Å². The van der Waals surface area contributed by atoms with Crippen molar-refractivity contribution >= 4 is 22.5 Å². The summed E-state index contributed by atoms with van der Waals surface area (Å²) in [5.41, 5.74) is 8.58. The van der Waals surface area contributed by atoms with Crippen LogP contribution in [0.2, 0.25) is 0 Å². The summed E-state index contributed by atoms with van der Waals surface area (Å²) in [6.07, 6.45) is 9.27. The highest BCUT2D eigenvalue weighted by Crippen LogP contribution is 2.52. The molecule has 3 N–H and O–H groups in total. The van der Waals surface area contributed by atoms with Gasteiger partial charge in [0, 0.05) is 43.5 Å². The lowest BCUT2D eigenvalue weighted by Gasteiger charge is -2.22. The van der Waals surface area contributed by atoms with Crippen molar-refractivity contribution in [2.75, 3.05) is 17.2 Å². The van der Waals surface area contributed by atoms with Crippen molar-refractivity contribution < 1.29 is 0 Å². The third-order valence-electron chi connectivity index (χ3n) is 7.29. The molecule has 0 spiro atoms. The Kier molecular flexibility index (Phi) is 3.82. The number of nitrogens with two attached hydrogens (primary N) is 1. The van der Waals surface area contributed by atoms with Crippen LogP contribution in [-0.4, -0.2) is 37.1 Å². The fraction of sp³-hybridized carbons (Fsp3) is 0.591.